The molecular weight excluding hydrogens is 202 g/mol. The van der Waals surface area contributed by atoms with Gasteiger partial charge in [-0.25, -0.2) is 0 Å². The molecule has 0 aliphatic heterocycles. The van der Waals surface area contributed by atoms with Gasteiger partial charge in [0.05, 0.1) is 12.1 Å². The van der Waals surface area contributed by atoms with E-state index in [4.69, 9.17) is 5.11 Å². The van der Waals surface area contributed by atoms with Gasteiger partial charge >= 0.3 is 0 Å². The summed E-state index contributed by atoms with van der Waals surface area (Å²) >= 11 is 0. The second-order valence-corrected chi connectivity index (χ2v) is 4.11. The fraction of sp³-hybridized carbons (Fsp3) is 0.308. The first-order valence-electron chi connectivity index (χ1n) is 5.03. The van der Waals surface area contributed by atoms with Crippen molar-refractivity contribution in [2.45, 2.75) is 19.4 Å². The van der Waals surface area contributed by atoms with E-state index in [2.05, 4.69) is 17.2 Å². The third kappa shape index (κ3) is 4.16. The molecule has 3 nitrogen and oxygen atoms in total. The normalized spacial score (nSPS) is 10.2. The molecule has 0 radical (unpaired) electrons. The van der Waals surface area contributed by atoms with Crippen LogP contribution in [0.1, 0.15) is 19.4 Å². The van der Waals surface area contributed by atoms with Crippen LogP contribution in [0, 0.1) is 11.8 Å². The highest BCUT2D eigenvalue weighted by atomic mass is 16.3. The Hall–Kier alpha value is -1.79. The van der Waals surface area contributed by atoms with Crippen molar-refractivity contribution in [3.8, 4) is 11.8 Å². The van der Waals surface area contributed by atoms with Gasteiger partial charge in [-0.2, -0.15) is 0 Å². The highest BCUT2D eigenvalue weighted by molar-refractivity contribution is 5.94. The molecule has 0 saturated carbocycles. The average molecular weight is 217 g/mol. The van der Waals surface area contributed by atoms with E-state index in [9.17, 15) is 4.79 Å². The molecule has 0 aromatic heterocycles. The highest BCUT2D eigenvalue weighted by Gasteiger charge is 2.17. The fourth-order valence-electron chi connectivity index (χ4n) is 1.03. The number of aliphatic hydroxyl groups is 1. The molecule has 0 heterocycles. The number of carbonyl (C=O) groups is 1. The Morgan fingerprint density at radius 3 is 2.56 bits per heavy atom. The van der Waals surface area contributed by atoms with Crippen LogP contribution in [0.4, 0.5) is 0 Å². The first kappa shape index (κ1) is 12.3. The van der Waals surface area contributed by atoms with Gasteiger partial charge < -0.3 is 10.4 Å². The van der Waals surface area contributed by atoms with Crippen LogP contribution >= 0.6 is 0 Å². The zero-order chi connectivity index (χ0) is 12.0. The molecule has 1 aromatic rings. The van der Waals surface area contributed by atoms with Crippen molar-refractivity contribution < 1.29 is 9.90 Å². The van der Waals surface area contributed by atoms with Gasteiger partial charge in [0.1, 0.15) is 0 Å². The molecular formula is C13H15NO2. The molecule has 3 heteroatoms. The minimum Gasteiger partial charge on any atom is -0.394 e. The molecule has 1 rings (SSSR count). The summed E-state index contributed by atoms with van der Waals surface area (Å²) in [6.07, 6.45) is 0. The van der Waals surface area contributed by atoms with Crippen molar-refractivity contribution in [2.24, 2.45) is 0 Å². The molecule has 0 atom stereocenters. The second kappa shape index (κ2) is 5.34. The lowest BCUT2D eigenvalue weighted by atomic mass is 10.1. The molecule has 0 saturated heterocycles. The van der Waals surface area contributed by atoms with Crippen molar-refractivity contribution in [3.05, 3.63) is 35.9 Å². The van der Waals surface area contributed by atoms with Gasteiger partial charge in [-0.3, -0.25) is 4.79 Å². The number of hydrogen-bond acceptors (Lipinski definition) is 2. The topological polar surface area (TPSA) is 49.3 Å². The van der Waals surface area contributed by atoms with Crippen LogP contribution in [0.15, 0.2) is 30.3 Å². The molecule has 0 fully saturated rings. The van der Waals surface area contributed by atoms with E-state index in [-0.39, 0.29) is 12.5 Å². The number of rotatable bonds is 2. The van der Waals surface area contributed by atoms with Gasteiger partial charge in [-0.15, -0.1) is 0 Å². The summed E-state index contributed by atoms with van der Waals surface area (Å²) in [5, 5.41) is 11.6. The summed E-state index contributed by atoms with van der Waals surface area (Å²) in [5.74, 6) is 4.84. The molecule has 0 aliphatic carbocycles. The fourth-order valence-corrected chi connectivity index (χ4v) is 1.03. The quantitative estimate of drug-likeness (QED) is 0.724. The highest BCUT2D eigenvalue weighted by Crippen LogP contribution is 1.99. The maximum absolute atomic E-state index is 11.4. The van der Waals surface area contributed by atoms with Crippen LogP contribution in [0.25, 0.3) is 0 Å². The monoisotopic (exact) mass is 217 g/mol. The molecule has 1 aromatic carbocycles. The predicted molar refractivity (Wildman–Crippen MR) is 62.6 cm³/mol. The smallest absolute Gasteiger partial charge is 0.296 e. The average Bonchev–Trinajstić information content (AvgIpc) is 2.27. The number of benzene rings is 1. The van der Waals surface area contributed by atoms with Crippen LogP contribution in [0.3, 0.4) is 0 Å². The Balaban J connectivity index is 2.63. The second-order valence-electron chi connectivity index (χ2n) is 4.11. The first-order chi connectivity index (χ1) is 7.53. The minimum absolute atomic E-state index is 0.119. The molecule has 0 spiro atoms. The maximum Gasteiger partial charge on any atom is 0.296 e. The summed E-state index contributed by atoms with van der Waals surface area (Å²) in [7, 11) is 0. The largest absolute Gasteiger partial charge is 0.394 e. The van der Waals surface area contributed by atoms with Gasteiger partial charge in [0, 0.05) is 11.5 Å². The number of aliphatic hydroxyl groups excluding tert-OH is 1. The zero-order valence-electron chi connectivity index (χ0n) is 9.45. The van der Waals surface area contributed by atoms with Gasteiger partial charge in [-0.05, 0) is 26.0 Å². The van der Waals surface area contributed by atoms with Crippen LogP contribution in [-0.2, 0) is 4.79 Å². The number of amides is 1. The summed E-state index contributed by atoms with van der Waals surface area (Å²) in [6, 6.07) is 9.27. The molecule has 0 unspecified atom stereocenters. The van der Waals surface area contributed by atoms with Crippen molar-refractivity contribution in [1.29, 1.82) is 0 Å². The lowest BCUT2D eigenvalue weighted by Gasteiger charge is -2.21. The third-order valence-corrected chi connectivity index (χ3v) is 1.94. The maximum atomic E-state index is 11.4. The first-order valence-corrected chi connectivity index (χ1v) is 5.03. The summed E-state index contributed by atoms with van der Waals surface area (Å²) < 4.78 is 0. The molecule has 0 bridgehead atoms. The number of carbonyl (C=O) groups excluding carboxylic acids is 1. The Morgan fingerprint density at radius 1 is 1.38 bits per heavy atom. The SMILES string of the molecule is CC(C)(CO)NC(=O)C#Cc1ccccc1. The molecule has 0 aliphatic rings. The van der Waals surface area contributed by atoms with Gasteiger partial charge in [0.25, 0.3) is 5.91 Å². The third-order valence-electron chi connectivity index (χ3n) is 1.94. The van der Waals surface area contributed by atoms with E-state index in [0.717, 1.165) is 5.56 Å². The zero-order valence-corrected chi connectivity index (χ0v) is 9.45. The summed E-state index contributed by atoms with van der Waals surface area (Å²) in [6.45, 7) is 3.34. The van der Waals surface area contributed by atoms with E-state index < -0.39 is 5.54 Å². The Labute approximate surface area is 95.5 Å². The van der Waals surface area contributed by atoms with Gasteiger partial charge in [0.2, 0.25) is 0 Å². The van der Waals surface area contributed by atoms with Crippen molar-refractivity contribution in [3.63, 3.8) is 0 Å². The van der Waals surface area contributed by atoms with E-state index in [0.29, 0.717) is 0 Å². The Bertz CT molecular complexity index is 413. The van der Waals surface area contributed by atoms with E-state index in [1.165, 1.54) is 0 Å². The summed E-state index contributed by atoms with van der Waals surface area (Å²) in [5.41, 5.74) is 0.155. The van der Waals surface area contributed by atoms with Crippen molar-refractivity contribution >= 4 is 5.91 Å². The predicted octanol–water partition coefficient (Wildman–Crippen LogP) is 0.925. The number of hydrogen-bond donors (Lipinski definition) is 2. The van der Waals surface area contributed by atoms with Gasteiger partial charge in [0.15, 0.2) is 0 Å². The van der Waals surface area contributed by atoms with Crippen LogP contribution in [0.5, 0.6) is 0 Å². The molecule has 2 N–H and O–H groups in total. The minimum atomic E-state index is -0.636. The van der Waals surface area contributed by atoms with Crippen LogP contribution in [0.2, 0.25) is 0 Å². The lowest BCUT2D eigenvalue weighted by Crippen LogP contribution is -2.45. The van der Waals surface area contributed by atoms with E-state index >= 15 is 0 Å². The standard InChI is InChI=1S/C13H15NO2/c1-13(2,10-15)14-12(16)9-8-11-6-4-3-5-7-11/h3-7,15H,10H2,1-2H3,(H,14,16). The van der Waals surface area contributed by atoms with E-state index in [1.807, 2.05) is 30.3 Å². The van der Waals surface area contributed by atoms with Gasteiger partial charge in [-0.1, -0.05) is 24.1 Å². The molecule has 1 amide bonds. The Morgan fingerprint density at radius 2 is 2.00 bits per heavy atom. The number of nitrogens with one attached hydrogen (secondary N) is 1. The summed E-state index contributed by atoms with van der Waals surface area (Å²) in [4.78, 5) is 11.4. The van der Waals surface area contributed by atoms with Crippen molar-refractivity contribution in [1.82, 2.24) is 5.32 Å². The Kier molecular flexibility index (Phi) is 4.10. The van der Waals surface area contributed by atoms with E-state index in [1.54, 1.807) is 13.8 Å². The molecule has 84 valence electrons. The molecule has 16 heavy (non-hydrogen) atoms. The lowest BCUT2D eigenvalue weighted by molar-refractivity contribution is -0.117. The van der Waals surface area contributed by atoms with Crippen LogP contribution < -0.4 is 5.32 Å². The van der Waals surface area contributed by atoms with Crippen LogP contribution in [-0.4, -0.2) is 23.2 Å². The van der Waals surface area contributed by atoms with Crippen molar-refractivity contribution in [2.75, 3.05) is 6.61 Å².